The summed E-state index contributed by atoms with van der Waals surface area (Å²) < 4.78 is 65.3. The van der Waals surface area contributed by atoms with Gasteiger partial charge < -0.3 is 4.90 Å². The van der Waals surface area contributed by atoms with Crippen LogP contribution < -0.4 is 4.90 Å². The third kappa shape index (κ3) is 4.02. The van der Waals surface area contributed by atoms with Crippen LogP contribution in [0.3, 0.4) is 0 Å². The van der Waals surface area contributed by atoms with E-state index in [0.717, 1.165) is 21.3 Å². The predicted molar refractivity (Wildman–Crippen MR) is 76.0 cm³/mol. The Kier molecular flexibility index (Phi) is 5.29. The van der Waals surface area contributed by atoms with Crippen molar-refractivity contribution in [3.05, 3.63) is 29.8 Å². The van der Waals surface area contributed by atoms with E-state index in [0.29, 0.717) is 26.1 Å². The Balaban J connectivity index is 2.20. The van der Waals surface area contributed by atoms with Crippen LogP contribution >= 0.6 is 0 Å². The maximum absolute atomic E-state index is 13.0. The Morgan fingerprint density at radius 1 is 1.22 bits per heavy atom. The van der Waals surface area contributed by atoms with Gasteiger partial charge in [-0.1, -0.05) is 12.1 Å². The number of nitrogens with zero attached hydrogens (tertiary/aromatic N) is 2. The molecular weight excluding hydrogens is 331 g/mol. The zero-order valence-corrected chi connectivity index (χ0v) is 13.1. The van der Waals surface area contributed by atoms with E-state index in [4.69, 9.17) is 5.26 Å². The van der Waals surface area contributed by atoms with Gasteiger partial charge in [-0.15, -0.1) is 0 Å². The molecule has 0 unspecified atom stereocenters. The Hall–Kier alpha value is -1.63. The topological polar surface area (TPSA) is 65.6 Å². The smallest absolute Gasteiger partial charge is 0.332 e. The number of hydrogen-bond acceptors (Lipinski definition) is 3. The molecule has 0 saturated carbocycles. The molecule has 0 bridgehead atoms. The summed E-state index contributed by atoms with van der Waals surface area (Å²) in [7, 11) is -4.18. The van der Waals surface area contributed by atoms with Gasteiger partial charge in [-0.05, 0) is 12.1 Å². The van der Waals surface area contributed by atoms with Crippen LogP contribution in [-0.4, -0.2) is 45.4 Å². The molecule has 1 heterocycles. The van der Waals surface area contributed by atoms with Crippen molar-refractivity contribution in [3.63, 3.8) is 0 Å². The van der Waals surface area contributed by atoms with Gasteiger partial charge in [0.15, 0.2) is 0 Å². The summed E-state index contributed by atoms with van der Waals surface area (Å²) in [6.45, 7) is 1.87. The van der Waals surface area contributed by atoms with E-state index < -0.39 is 26.7 Å². The van der Waals surface area contributed by atoms with Gasteiger partial charge in [0.25, 0.3) is 0 Å². The van der Waals surface area contributed by atoms with Crippen molar-refractivity contribution in [1.29, 1.82) is 5.26 Å². The molecule has 0 spiro atoms. The molecule has 5 nitrogen and oxygen atoms in total. The molecule has 126 valence electrons. The minimum atomic E-state index is -4.72. The summed E-state index contributed by atoms with van der Waals surface area (Å²) in [5, 5.41) is 8.56. The van der Waals surface area contributed by atoms with Crippen LogP contribution in [0.4, 0.5) is 13.2 Å². The second-order valence-electron chi connectivity index (χ2n) is 5.31. The monoisotopic (exact) mass is 348 g/mol. The lowest BCUT2D eigenvalue weighted by molar-refractivity contribution is -0.903. The van der Waals surface area contributed by atoms with Crippen molar-refractivity contribution in [2.75, 3.05) is 32.7 Å². The highest BCUT2D eigenvalue weighted by Gasteiger charge is 2.39. The highest BCUT2D eigenvalue weighted by Crippen LogP contribution is 2.35. The van der Waals surface area contributed by atoms with Crippen LogP contribution in [-0.2, 0) is 16.2 Å². The zero-order chi connectivity index (χ0) is 17.1. The van der Waals surface area contributed by atoms with E-state index in [-0.39, 0.29) is 13.1 Å². The number of sulfonamides is 1. The highest BCUT2D eigenvalue weighted by molar-refractivity contribution is 7.89. The van der Waals surface area contributed by atoms with Gasteiger partial charge in [-0.2, -0.15) is 22.7 Å². The average molecular weight is 348 g/mol. The number of quaternary nitrogens is 1. The molecule has 0 aliphatic carbocycles. The van der Waals surface area contributed by atoms with E-state index in [1.54, 1.807) is 0 Å². The van der Waals surface area contributed by atoms with Gasteiger partial charge >= 0.3 is 6.18 Å². The van der Waals surface area contributed by atoms with Gasteiger partial charge in [-0.3, -0.25) is 0 Å². The summed E-state index contributed by atoms with van der Waals surface area (Å²) in [5.74, 6) is 0. The lowest BCUT2D eigenvalue weighted by atomic mass is 10.2. The second kappa shape index (κ2) is 6.86. The van der Waals surface area contributed by atoms with E-state index in [2.05, 4.69) is 0 Å². The largest absolute Gasteiger partial charge is 0.417 e. The molecule has 1 N–H and O–H groups in total. The first-order chi connectivity index (χ1) is 10.8. The van der Waals surface area contributed by atoms with Crippen LogP contribution in [0.25, 0.3) is 0 Å². The maximum Gasteiger partial charge on any atom is 0.417 e. The molecule has 1 aliphatic rings. The predicted octanol–water partition coefficient (Wildman–Crippen LogP) is 0.508. The van der Waals surface area contributed by atoms with Gasteiger partial charge in [0, 0.05) is 0 Å². The van der Waals surface area contributed by atoms with Crippen LogP contribution in [0.2, 0.25) is 0 Å². The van der Waals surface area contributed by atoms with Crippen molar-refractivity contribution >= 4 is 10.0 Å². The lowest BCUT2D eigenvalue weighted by Crippen LogP contribution is -3.14. The molecule has 0 aromatic heterocycles. The third-order valence-corrected chi connectivity index (χ3v) is 5.79. The normalized spacial score (nSPS) is 17.8. The van der Waals surface area contributed by atoms with Gasteiger partial charge in [0.1, 0.15) is 0 Å². The fraction of sp³-hybridized carbons (Fsp3) is 0.500. The number of alkyl halides is 3. The van der Waals surface area contributed by atoms with E-state index in [1.165, 1.54) is 12.1 Å². The van der Waals surface area contributed by atoms with Crippen molar-refractivity contribution in [3.8, 4) is 6.07 Å². The highest BCUT2D eigenvalue weighted by atomic mass is 32.2. The number of halogens is 3. The van der Waals surface area contributed by atoms with E-state index in [1.807, 2.05) is 6.07 Å². The summed E-state index contributed by atoms with van der Waals surface area (Å²) in [6.07, 6.45) is -4.34. The Labute approximate surface area is 133 Å². The Morgan fingerprint density at radius 2 is 1.83 bits per heavy atom. The molecule has 1 fully saturated rings. The van der Waals surface area contributed by atoms with Gasteiger partial charge in [-0.25, -0.2) is 8.42 Å². The molecule has 9 heteroatoms. The van der Waals surface area contributed by atoms with Gasteiger partial charge in [0.05, 0.1) is 55.7 Å². The van der Waals surface area contributed by atoms with Crippen molar-refractivity contribution in [2.45, 2.75) is 17.5 Å². The number of nitriles is 1. The molecular formula is C14H17F3N3O2S+. The van der Waals surface area contributed by atoms with Crippen LogP contribution in [0.15, 0.2) is 29.2 Å². The molecule has 0 radical (unpaired) electrons. The van der Waals surface area contributed by atoms with Crippen molar-refractivity contribution < 1.29 is 26.5 Å². The van der Waals surface area contributed by atoms with Crippen molar-refractivity contribution in [2.24, 2.45) is 0 Å². The first-order valence-corrected chi connectivity index (χ1v) is 8.57. The van der Waals surface area contributed by atoms with Crippen LogP contribution in [0.1, 0.15) is 12.0 Å². The first-order valence-electron chi connectivity index (χ1n) is 7.13. The minimum Gasteiger partial charge on any atom is -0.332 e. The molecule has 1 saturated heterocycles. The molecule has 1 aromatic rings. The van der Waals surface area contributed by atoms with Crippen LogP contribution in [0.5, 0.6) is 0 Å². The number of piperazine rings is 1. The summed E-state index contributed by atoms with van der Waals surface area (Å²) >= 11 is 0. The van der Waals surface area contributed by atoms with Crippen LogP contribution in [0, 0.1) is 11.3 Å². The summed E-state index contributed by atoms with van der Waals surface area (Å²) in [4.78, 5) is 0.384. The second-order valence-corrected chi connectivity index (χ2v) is 7.21. The first kappa shape index (κ1) is 17.7. The molecule has 1 aliphatic heterocycles. The minimum absolute atomic E-state index is 0.148. The Bertz CT molecular complexity index is 690. The summed E-state index contributed by atoms with van der Waals surface area (Å²) in [5.41, 5.74) is -1.14. The van der Waals surface area contributed by atoms with Crippen molar-refractivity contribution in [1.82, 2.24) is 4.31 Å². The fourth-order valence-electron chi connectivity index (χ4n) is 2.59. The number of nitrogens with one attached hydrogen (secondary N) is 1. The molecule has 2 rings (SSSR count). The van der Waals surface area contributed by atoms with Gasteiger partial charge in [0.2, 0.25) is 10.0 Å². The van der Waals surface area contributed by atoms with E-state index >= 15 is 0 Å². The average Bonchev–Trinajstić information content (AvgIpc) is 2.52. The lowest BCUT2D eigenvalue weighted by Gasteiger charge is -2.31. The quantitative estimate of drug-likeness (QED) is 0.862. The number of rotatable bonds is 4. The van der Waals surface area contributed by atoms with E-state index in [9.17, 15) is 21.6 Å². The summed E-state index contributed by atoms with van der Waals surface area (Å²) in [6, 6.07) is 6.26. The molecule has 23 heavy (non-hydrogen) atoms. The standard InChI is InChI=1S/C14H16F3N3O2S/c15-14(16,17)12-4-1-2-5-13(12)23(21,22)20-10-8-19(9-11-20)7-3-6-18/h1-2,4-5H,3,7-11H2/p+1. The number of hydrogen-bond donors (Lipinski definition) is 1. The molecule has 0 atom stereocenters. The third-order valence-electron chi connectivity index (χ3n) is 3.83. The SMILES string of the molecule is N#CCC[NH+]1CCN(S(=O)(=O)c2ccccc2C(F)(F)F)CC1. The fourth-order valence-corrected chi connectivity index (χ4v) is 4.24. The molecule has 1 aromatic carbocycles. The number of benzene rings is 1. The Morgan fingerprint density at radius 3 is 2.39 bits per heavy atom. The molecule has 0 amide bonds. The maximum atomic E-state index is 13.0. The zero-order valence-electron chi connectivity index (χ0n) is 12.3.